The number of H-pyrrole nitrogens is 1. The van der Waals surface area contributed by atoms with E-state index in [1.54, 1.807) is 43.5 Å². The third-order valence-corrected chi connectivity index (χ3v) is 4.82. The van der Waals surface area contributed by atoms with Gasteiger partial charge in [-0.3, -0.25) is 14.6 Å². The molecule has 0 aliphatic rings. The number of rotatable bonds is 6. The van der Waals surface area contributed by atoms with Crippen molar-refractivity contribution in [1.82, 2.24) is 25.3 Å². The molecule has 3 aromatic heterocycles. The van der Waals surface area contributed by atoms with Crippen molar-refractivity contribution in [1.29, 1.82) is 5.26 Å². The molecule has 0 aliphatic carbocycles. The molecule has 1 aromatic carbocycles. The number of hydrogen-bond donors (Lipinski definition) is 2. The molecule has 0 radical (unpaired) electrons. The van der Waals surface area contributed by atoms with Gasteiger partial charge in [0.15, 0.2) is 5.76 Å². The molecule has 1 atom stereocenters. The number of amides is 1. The van der Waals surface area contributed by atoms with E-state index in [0.717, 1.165) is 12.1 Å². The van der Waals surface area contributed by atoms with E-state index in [1.165, 1.54) is 17.0 Å². The number of benzene rings is 1. The molecule has 0 fully saturated rings. The average Bonchev–Trinajstić information content (AvgIpc) is 3.53. The fourth-order valence-electron chi connectivity index (χ4n) is 3.27. The van der Waals surface area contributed by atoms with Crippen molar-refractivity contribution in [2.45, 2.75) is 25.7 Å². The predicted octanol–water partition coefficient (Wildman–Crippen LogP) is 4.24. The fraction of sp³-hybridized carbons (Fsp3) is 0.182. The number of nitrogens with one attached hydrogen (secondary N) is 2. The van der Waals surface area contributed by atoms with E-state index >= 15 is 0 Å². The van der Waals surface area contributed by atoms with Gasteiger partial charge in [0.2, 0.25) is 0 Å². The largest absolute Gasteiger partial charge is 0.463 e. The van der Waals surface area contributed by atoms with Gasteiger partial charge in [0.1, 0.15) is 11.4 Å². The number of nitriles is 1. The molecule has 4 aromatic rings. The van der Waals surface area contributed by atoms with Crippen molar-refractivity contribution in [2.24, 2.45) is 0 Å². The average molecular weight is 454 g/mol. The van der Waals surface area contributed by atoms with E-state index < -0.39 is 17.3 Å². The molecule has 2 N–H and O–H groups in total. The summed E-state index contributed by atoms with van der Waals surface area (Å²) < 4.78 is 46.4. The summed E-state index contributed by atoms with van der Waals surface area (Å²) in [7, 11) is 0. The molecule has 4 rings (SSSR count). The van der Waals surface area contributed by atoms with Crippen LogP contribution in [0.2, 0.25) is 0 Å². The Bertz CT molecular complexity index is 1310. The second kappa shape index (κ2) is 8.66. The van der Waals surface area contributed by atoms with E-state index in [0.29, 0.717) is 17.1 Å². The maximum absolute atomic E-state index is 13.2. The van der Waals surface area contributed by atoms with Gasteiger partial charge in [-0.05, 0) is 37.3 Å². The molecule has 0 saturated heterocycles. The molecule has 0 saturated carbocycles. The number of hydrogen-bond acceptors (Lipinski definition) is 5. The minimum absolute atomic E-state index is 0.236. The molecule has 8 nitrogen and oxygen atoms in total. The summed E-state index contributed by atoms with van der Waals surface area (Å²) in [6.45, 7) is 2.06. The number of aromatic amines is 1. The van der Waals surface area contributed by atoms with Crippen LogP contribution >= 0.6 is 0 Å². The zero-order valence-corrected chi connectivity index (χ0v) is 17.2. The van der Waals surface area contributed by atoms with Gasteiger partial charge < -0.3 is 9.73 Å². The fourth-order valence-corrected chi connectivity index (χ4v) is 3.27. The van der Waals surface area contributed by atoms with Gasteiger partial charge in [-0.1, -0.05) is 6.07 Å². The molecule has 0 aliphatic heterocycles. The number of nitrogens with zero attached hydrogens (tertiary/aromatic N) is 4. The van der Waals surface area contributed by atoms with Crippen LogP contribution in [0.15, 0.2) is 59.3 Å². The number of halogens is 3. The smallest absolute Gasteiger partial charge is 0.417 e. The maximum Gasteiger partial charge on any atom is 0.417 e. The summed E-state index contributed by atoms with van der Waals surface area (Å²) in [5.74, 6) is 0.154. The Balaban J connectivity index is 1.42. The lowest BCUT2D eigenvalue weighted by atomic mass is 10.0. The van der Waals surface area contributed by atoms with Crippen LogP contribution < -0.4 is 5.32 Å². The van der Waals surface area contributed by atoms with Crippen LogP contribution in [0.3, 0.4) is 0 Å². The topological polar surface area (TPSA) is 113 Å². The highest BCUT2D eigenvalue weighted by atomic mass is 19.4. The molecule has 0 spiro atoms. The molecule has 1 unspecified atom stereocenters. The first-order valence-corrected chi connectivity index (χ1v) is 9.80. The number of furan rings is 1. The van der Waals surface area contributed by atoms with Crippen molar-refractivity contribution in [2.75, 3.05) is 0 Å². The molecule has 1 amide bonds. The number of alkyl halides is 3. The highest BCUT2D eigenvalue weighted by Gasteiger charge is 2.34. The zero-order chi connectivity index (χ0) is 23.6. The molecule has 168 valence electrons. The van der Waals surface area contributed by atoms with Crippen LogP contribution in [0, 0.1) is 11.3 Å². The zero-order valence-electron chi connectivity index (χ0n) is 17.2. The van der Waals surface area contributed by atoms with Crippen LogP contribution in [0.5, 0.6) is 0 Å². The Hall–Kier alpha value is -4.33. The highest BCUT2D eigenvalue weighted by Crippen LogP contribution is 2.34. The predicted molar refractivity (Wildman–Crippen MR) is 111 cm³/mol. The third kappa shape index (κ3) is 4.79. The van der Waals surface area contributed by atoms with E-state index in [9.17, 15) is 18.0 Å². The molecular weight excluding hydrogens is 437 g/mol. The first kappa shape index (κ1) is 21.9. The molecule has 3 heterocycles. The van der Waals surface area contributed by atoms with Gasteiger partial charge in [-0.15, -0.1) is 0 Å². The van der Waals surface area contributed by atoms with Crippen LogP contribution in [-0.4, -0.2) is 31.9 Å². The number of carbonyl (C=O) groups is 1. The summed E-state index contributed by atoms with van der Waals surface area (Å²) in [4.78, 5) is 12.5. The van der Waals surface area contributed by atoms with Crippen molar-refractivity contribution < 1.29 is 22.4 Å². The normalized spacial score (nSPS) is 12.3. The summed E-state index contributed by atoms with van der Waals surface area (Å²) in [6.07, 6.45) is -1.54. The monoisotopic (exact) mass is 454 g/mol. The molecule has 11 heteroatoms. The van der Waals surface area contributed by atoms with Crippen molar-refractivity contribution in [3.8, 4) is 28.8 Å². The van der Waals surface area contributed by atoms with Crippen molar-refractivity contribution in [3.05, 3.63) is 71.7 Å². The van der Waals surface area contributed by atoms with Crippen molar-refractivity contribution in [3.63, 3.8) is 0 Å². The third-order valence-electron chi connectivity index (χ3n) is 4.82. The summed E-state index contributed by atoms with van der Waals surface area (Å²) in [5.41, 5.74) is -0.149. The Labute approximate surface area is 185 Å². The van der Waals surface area contributed by atoms with E-state index in [-0.39, 0.29) is 29.8 Å². The summed E-state index contributed by atoms with van der Waals surface area (Å²) in [5, 5.41) is 22.7. The quantitative estimate of drug-likeness (QED) is 0.453. The second-order valence-corrected chi connectivity index (χ2v) is 7.31. The highest BCUT2D eigenvalue weighted by molar-refractivity contribution is 5.93. The van der Waals surface area contributed by atoms with Crippen LogP contribution in [0.1, 0.15) is 28.5 Å². The number of carbonyl (C=O) groups excluding carboxylic acids is 1. The lowest BCUT2D eigenvalue weighted by molar-refractivity contribution is -0.137. The summed E-state index contributed by atoms with van der Waals surface area (Å²) in [6, 6.07) is 11.2. The SMILES string of the molecule is CC(Cn1ccc(-c2ccc(C#N)c(C(F)(F)F)c2)n1)NC(=O)c1cc(-c2ccco2)n[nH]1. The van der Waals surface area contributed by atoms with Gasteiger partial charge in [0, 0.05) is 23.9 Å². The van der Waals surface area contributed by atoms with E-state index in [1.807, 2.05) is 0 Å². The van der Waals surface area contributed by atoms with Crippen LogP contribution in [-0.2, 0) is 12.7 Å². The van der Waals surface area contributed by atoms with Gasteiger partial charge in [-0.2, -0.15) is 28.6 Å². The summed E-state index contributed by atoms with van der Waals surface area (Å²) >= 11 is 0. The Kier molecular flexibility index (Phi) is 5.74. The maximum atomic E-state index is 13.2. The van der Waals surface area contributed by atoms with Crippen LogP contribution in [0.25, 0.3) is 22.7 Å². The molecule has 0 bridgehead atoms. The second-order valence-electron chi connectivity index (χ2n) is 7.31. The Morgan fingerprint density at radius 2 is 2.09 bits per heavy atom. The van der Waals surface area contributed by atoms with Gasteiger partial charge in [0.25, 0.3) is 5.91 Å². The lowest BCUT2D eigenvalue weighted by Crippen LogP contribution is -2.36. The van der Waals surface area contributed by atoms with Crippen LogP contribution in [0.4, 0.5) is 13.2 Å². The Morgan fingerprint density at radius 3 is 2.79 bits per heavy atom. The molecule has 33 heavy (non-hydrogen) atoms. The van der Waals surface area contributed by atoms with E-state index in [4.69, 9.17) is 9.68 Å². The molecular formula is C22H17F3N6O2. The Morgan fingerprint density at radius 1 is 1.27 bits per heavy atom. The minimum Gasteiger partial charge on any atom is -0.463 e. The van der Waals surface area contributed by atoms with Gasteiger partial charge >= 0.3 is 6.18 Å². The standard InChI is InChI=1S/C22H17F3N6O2/c1-13(27-21(32)19-10-18(28-29-19)20-3-2-8-33-20)12-31-7-6-17(30-31)14-4-5-15(11-26)16(9-14)22(23,24)25/h2-10,13H,12H2,1H3,(H,27,32)(H,28,29). The minimum atomic E-state index is -4.65. The van der Waals surface area contributed by atoms with Crippen molar-refractivity contribution >= 4 is 5.91 Å². The van der Waals surface area contributed by atoms with Gasteiger partial charge in [-0.25, -0.2) is 0 Å². The first-order chi connectivity index (χ1) is 15.7. The number of aromatic nitrogens is 4. The lowest BCUT2D eigenvalue weighted by Gasteiger charge is -2.13. The van der Waals surface area contributed by atoms with Gasteiger partial charge in [0.05, 0.1) is 35.7 Å². The van der Waals surface area contributed by atoms with E-state index in [2.05, 4.69) is 20.6 Å². The first-order valence-electron chi connectivity index (χ1n) is 9.80.